The van der Waals surface area contributed by atoms with Gasteiger partial charge in [-0.05, 0) is 18.2 Å². The maximum Gasteiger partial charge on any atom is 0.254 e. The Balaban J connectivity index is 1.63. The number of aliphatic hydroxyl groups excluding tert-OH is 1. The van der Waals surface area contributed by atoms with Crippen molar-refractivity contribution in [1.29, 1.82) is 0 Å². The molecule has 140 valence electrons. The molecule has 4 rings (SSSR count). The summed E-state index contributed by atoms with van der Waals surface area (Å²) in [5.41, 5.74) is 2.38. The largest absolute Gasteiger partial charge is 0.394 e. The predicted octanol–water partition coefficient (Wildman–Crippen LogP) is 0.243. The van der Waals surface area contributed by atoms with E-state index in [0.717, 1.165) is 30.1 Å². The topological polar surface area (TPSA) is 80.1 Å². The minimum Gasteiger partial charge on any atom is -0.394 e. The summed E-state index contributed by atoms with van der Waals surface area (Å²) < 4.78 is 12.8. The van der Waals surface area contributed by atoms with Crippen molar-refractivity contribution in [3.05, 3.63) is 23.8 Å². The Kier molecular flexibility index (Phi) is 4.80. The number of morpholine rings is 2. The number of fused-ring (bicyclic) bond motifs is 1. The zero-order valence-corrected chi connectivity index (χ0v) is 14.9. The van der Waals surface area contributed by atoms with Crippen LogP contribution in [0.4, 0.5) is 5.95 Å². The molecule has 0 radical (unpaired) electrons. The van der Waals surface area contributed by atoms with Crippen molar-refractivity contribution in [2.45, 2.75) is 6.04 Å². The Morgan fingerprint density at radius 3 is 2.77 bits per heavy atom. The van der Waals surface area contributed by atoms with E-state index in [1.807, 2.05) is 25.2 Å². The molecule has 0 aliphatic carbocycles. The van der Waals surface area contributed by atoms with Gasteiger partial charge in [-0.2, -0.15) is 0 Å². The average molecular weight is 360 g/mol. The number of aliphatic hydroxyl groups is 1. The van der Waals surface area contributed by atoms with Crippen LogP contribution in [-0.4, -0.2) is 84.2 Å². The van der Waals surface area contributed by atoms with Gasteiger partial charge in [0.1, 0.15) is 0 Å². The Bertz CT molecular complexity index is 800. The third-order valence-corrected chi connectivity index (χ3v) is 5.10. The molecule has 1 amide bonds. The third-order valence-electron chi connectivity index (χ3n) is 5.10. The highest BCUT2D eigenvalue weighted by atomic mass is 16.5. The van der Waals surface area contributed by atoms with Crippen LogP contribution in [0.5, 0.6) is 0 Å². The fraction of sp³-hybridized carbons (Fsp3) is 0.556. The van der Waals surface area contributed by atoms with Gasteiger partial charge in [-0.3, -0.25) is 4.79 Å². The number of imidazole rings is 1. The fourth-order valence-electron chi connectivity index (χ4n) is 3.61. The van der Waals surface area contributed by atoms with Crippen molar-refractivity contribution in [3.8, 4) is 0 Å². The molecule has 1 atom stereocenters. The van der Waals surface area contributed by atoms with Crippen LogP contribution in [-0.2, 0) is 16.5 Å². The van der Waals surface area contributed by atoms with E-state index in [0.29, 0.717) is 38.5 Å². The summed E-state index contributed by atoms with van der Waals surface area (Å²) >= 11 is 0. The normalized spacial score (nSPS) is 21.4. The highest BCUT2D eigenvalue weighted by molar-refractivity contribution is 5.98. The Labute approximate surface area is 151 Å². The van der Waals surface area contributed by atoms with Crippen molar-refractivity contribution < 1.29 is 19.4 Å². The molecule has 26 heavy (non-hydrogen) atoms. The van der Waals surface area contributed by atoms with E-state index in [1.165, 1.54) is 0 Å². The molecule has 1 aromatic carbocycles. The van der Waals surface area contributed by atoms with E-state index >= 15 is 0 Å². The molecule has 0 saturated carbocycles. The first kappa shape index (κ1) is 17.3. The minimum absolute atomic E-state index is 0.0900. The number of nitrogens with zero attached hydrogens (tertiary/aromatic N) is 4. The zero-order valence-electron chi connectivity index (χ0n) is 14.9. The summed E-state index contributed by atoms with van der Waals surface area (Å²) in [7, 11) is 1.99. The molecule has 2 aliphatic heterocycles. The van der Waals surface area contributed by atoms with Crippen LogP contribution in [0, 0.1) is 0 Å². The lowest BCUT2D eigenvalue weighted by molar-refractivity contribution is -0.0183. The molecule has 0 spiro atoms. The predicted molar refractivity (Wildman–Crippen MR) is 96.5 cm³/mol. The van der Waals surface area contributed by atoms with E-state index < -0.39 is 0 Å². The van der Waals surface area contributed by atoms with Gasteiger partial charge in [-0.1, -0.05) is 0 Å². The lowest BCUT2D eigenvalue weighted by Gasteiger charge is -2.34. The number of carbonyl (C=O) groups excluding carboxylic acids is 1. The number of hydrogen-bond donors (Lipinski definition) is 1. The summed E-state index contributed by atoms with van der Waals surface area (Å²) in [5.74, 6) is 0.806. The molecule has 2 aliphatic rings. The number of aromatic nitrogens is 2. The number of amides is 1. The standard InChI is InChI=1S/C18H24N4O4/c1-20-16-3-2-13(17(24)22-6-9-26-12-14(22)11-23)10-15(16)19-18(20)21-4-7-25-8-5-21/h2-3,10,14,23H,4-9,11-12H2,1H3. The fourth-order valence-corrected chi connectivity index (χ4v) is 3.61. The number of rotatable bonds is 3. The van der Waals surface area contributed by atoms with E-state index in [2.05, 4.69) is 9.47 Å². The second-order valence-electron chi connectivity index (χ2n) is 6.68. The first-order valence-electron chi connectivity index (χ1n) is 8.98. The van der Waals surface area contributed by atoms with Crippen LogP contribution in [0.2, 0.25) is 0 Å². The Morgan fingerprint density at radius 1 is 1.23 bits per heavy atom. The first-order valence-corrected chi connectivity index (χ1v) is 8.98. The smallest absolute Gasteiger partial charge is 0.254 e. The van der Waals surface area contributed by atoms with Crippen LogP contribution in [0.1, 0.15) is 10.4 Å². The second-order valence-corrected chi connectivity index (χ2v) is 6.68. The Morgan fingerprint density at radius 2 is 2.00 bits per heavy atom. The quantitative estimate of drug-likeness (QED) is 0.845. The molecule has 3 heterocycles. The number of anilines is 1. The van der Waals surface area contributed by atoms with Crippen LogP contribution in [0.25, 0.3) is 11.0 Å². The van der Waals surface area contributed by atoms with Gasteiger partial charge < -0.3 is 28.9 Å². The number of hydrogen-bond acceptors (Lipinski definition) is 6. The molecule has 1 unspecified atom stereocenters. The van der Waals surface area contributed by atoms with Crippen molar-refractivity contribution in [3.63, 3.8) is 0 Å². The lowest BCUT2D eigenvalue weighted by atomic mass is 10.1. The van der Waals surface area contributed by atoms with Gasteiger partial charge in [0.15, 0.2) is 0 Å². The van der Waals surface area contributed by atoms with E-state index in [1.54, 1.807) is 4.90 Å². The molecular weight excluding hydrogens is 336 g/mol. The lowest BCUT2D eigenvalue weighted by Crippen LogP contribution is -2.50. The molecule has 8 heteroatoms. The molecular formula is C18H24N4O4. The van der Waals surface area contributed by atoms with E-state index in [9.17, 15) is 9.90 Å². The maximum atomic E-state index is 12.9. The molecule has 2 fully saturated rings. The van der Waals surface area contributed by atoms with Crippen molar-refractivity contribution in [1.82, 2.24) is 14.5 Å². The van der Waals surface area contributed by atoms with Crippen molar-refractivity contribution in [2.24, 2.45) is 7.05 Å². The van der Waals surface area contributed by atoms with Crippen LogP contribution < -0.4 is 4.90 Å². The molecule has 1 aromatic heterocycles. The highest BCUT2D eigenvalue weighted by Crippen LogP contribution is 2.24. The first-order chi connectivity index (χ1) is 12.7. The van der Waals surface area contributed by atoms with E-state index in [4.69, 9.17) is 14.5 Å². The van der Waals surface area contributed by atoms with Gasteiger partial charge >= 0.3 is 0 Å². The number of ether oxygens (including phenoxy) is 2. The molecule has 2 saturated heterocycles. The van der Waals surface area contributed by atoms with E-state index in [-0.39, 0.29) is 18.6 Å². The summed E-state index contributed by atoms with van der Waals surface area (Å²) in [6.45, 7) is 4.29. The van der Waals surface area contributed by atoms with Crippen LogP contribution in [0.3, 0.4) is 0 Å². The molecule has 0 bridgehead atoms. The maximum absolute atomic E-state index is 12.9. The van der Waals surface area contributed by atoms with Crippen LogP contribution >= 0.6 is 0 Å². The zero-order chi connectivity index (χ0) is 18.1. The monoisotopic (exact) mass is 360 g/mol. The number of benzene rings is 1. The minimum atomic E-state index is -0.292. The van der Waals surface area contributed by atoms with Gasteiger partial charge in [0.2, 0.25) is 5.95 Å². The van der Waals surface area contributed by atoms with Gasteiger partial charge in [0.25, 0.3) is 5.91 Å². The Hall–Kier alpha value is -2.16. The van der Waals surface area contributed by atoms with Crippen molar-refractivity contribution >= 4 is 22.9 Å². The summed E-state index contributed by atoms with van der Waals surface area (Å²) in [6.07, 6.45) is 0. The summed E-state index contributed by atoms with van der Waals surface area (Å²) in [4.78, 5) is 21.5. The number of aryl methyl sites for hydroxylation is 1. The van der Waals surface area contributed by atoms with Gasteiger partial charge in [0.05, 0.1) is 50.1 Å². The highest BCUT2D eigenvalue weighted by Gasteiger charge is 2.28. The second kappa shape index (κ2) is 7.22. The van der Waals surface area contributed by atoms with Gasteiger partial charge in [-0.15, -0.1) is 0 Å². The SMILES string of the molecule is Cn1c(N2CCOCC2)nc2cc(C(=O)N3CCOCC3CO)ccc21. The average Bonchev–Trinajstić information content (AvgIpc) is 3.04. The molecule has 8 nitrogen and oxygen atoms in total. The summed E-state index contributed by atoms with van der Waals surface area (Å²) in [5, 5.41) is 9.51. The third kappa shape index (κ3) is 3.04. The molecule has 2 aromatic rings. The van der Waals surface area contributed by atoms with Crippen LogP contribution in [0.15, 0.2) is 18.2 Å². The number of carbonyl (C=O) groups is 1. The van der Waals surface area contributed by atoms with Crippen molar-refractivity contribution in [2.75, 3.05) is 57.6 Å². The van der Waals surface area contributed by atoms with Gasteiger partial charge in [-0.25, -0.2) is 4.98 Å². The van der Waals surface area contributed by atoms with Gasteiger partial charge in [0, 0.05) is 32.2 Å². The summed E-state index contributed by atoms with van der Waals surface area (Å²) in [6, 6.07) is 5.32. The molecule has 1 N–H and O–H groups in total.